The summed E-state index contributed by atoms with van der Waals surface area (Å²) in [4.78, 5) is 23.7. The van der Waals surface area contributed by atoms with Gasteiger partial charge in [0.15, 0.2) is 5.79 Å². The normalized spacial score (nSPS) is 21.8. The van der Waals surface area contributed by atoms with Crippen molar-refractivity contribution in [2.24, 2.45) is 0 Å². The highest BCUT2D eigenvalue weighted by Gasteiger charge is 2.42. The van der Waals surface area contributed by atoms with Gasteiger partial charge in [-0.25, -0.2) is 0 Å². The number of ether oxygens (including phenoxy) is 2. The lowest BCUT2D eigenvalue weighted by molar-refractivity contribution is -0.186. The molecule has 2 amide bonds. The summed E-state index contributed by atoms with van der Waals surface area (Å²) in [6, 6.07) is 9.83. The predicted molar refractivity (Wildman–Crippen MR) is 92.8 cm³/mol. The zero-order valence-electron chi connectivity index (χ0n) is 14.5. The van der Waals surface area contributed by atoms with Crippen molar-refractivity contribution in [2.75, 3.05) is 19.7 Å². The first-order valence-corrected chi connectivity index (χ1v) is 9.09. The van der Waals surface area contributed by atoms with Crippen LogP contribution in [-0.2, 0) is 25.5 Å². The average Bonchev–Trinajstić information content (AvgIpc) is 3.03. The minimum atomic E-state index is -0.624. The third kappa shape index (κ3) is 5.03. The van der Waals surface area contributed by atoms with E-state index in [1.54, 1.807) is 0 Å². The molecule has 0 aromatic heterocycles. The molecule has 1 saturated carbocycles. The Hall–Kier alpha value is -1.92. The third-order valence-corrected chi connectivity index (χ3v) is 4.77. The number of carbonyl (C=O) groups excluding carboxylic acids is 2. The van der Waals surface area contributed by atoms with Crippen LogP contribution in [0.1, 0.15) is 37.7 Å². The molecule has 136 valence electrons. The van der Waals surface area contributed by atoms with Crippen LogP contribution in [0.15, 0.2) is 30.3 Å². The van der Waals surface area contributed by atoms with Crippen molar-refractivity contribution in [3.05, 3.63) is 35.9 Å². The summed E-state index contributed by atoms with van der Waals surface area (Å²) < 4.78 is 11.8. The second kappa shape index (κ2) is 8.45. The zero-order valence-corrected chi connectivity index (χ0v) is 14.5. The van der Waals surface area contributed by atoms with Gasteiger partial charge in [0, 0.05) is 25.9 Å². The molecule has 25 heavy (non-hydrogen) atoms. The summed E-state index contributed by atoms with van der Waals surface area (Å²) in [5.41, 5.74) is 1.12. The molecular weight excluding hydrogens is 320 g/mol. The smallest absolute Gasteiger partial charge is 0.309 e. The van der Waals surface area contributed by atoms with Crippen LogP contribution in [0.2, 0.25) is 0 Å². The van der Waals surface area contributed by atoms with Crippen LogP contribution in [0.5, 0.6) is 0 Å². The molecule has 6 heteroatoms. The molecule has 6 nitrogen and oxygen atoms in total. The number of benzene rings is 1. The quantitative estimate of drug-likeness (QED) is 0.793. The molecule has 1 aromatic carbocycles. The Kier molecular flexibility index (Phi) is 6.04. The molecule has 1 aliphatic heterocycles. The summed E-state index contributed by atoms with van der Waals surface area (Å²) in [6.45, 7) is 1.20. The van der Waals surface area contributed by atoms with Crippen molar-refractivity contribution in [3.63, 3.8) is 0 Å². The first-order chi connectivity index (χ1) is 12.2. The minimum Gasteiger partial charge on any atom is -0.348 e. The number of rotatable bonds is 5. The summed E-state index contributed by atoms with van der Waals surface area (Å²) in [6.07, 6.45) is 5.79. The van der Waals surface area contributed by atoms with Gasteiger partial charge < -0.3 is 20.1 Å². The van der Waals surface area contributed by atoms with E-state index < -0.39 is 17.6 Å². The zero-order chi connectivity index (χ0) is 17.5. The van der Waals surface area contributed by atoms with Crippen molar-refractivity contribution in [1.82, 2.24) is 10.6 Å². The van der Waals surface area contributed by atoms with E-state index in [4.69, 9.17) is 9.47 Å². The summed E-state index contributed by atoms with van der Waals surface area (Å²) >= 11 is 0. The Morgan fingerprint density at radius 2 is 1.76 bits per heavy atom. The van der Waals surface area contributed by atoms with E-state index in [0.717, 1.165) is 31.2 Å². The van der Waals surface area contributed by atoms with Crippen molar-refractivity contribution in [1.29, 1.82) is 0 Å². The number of hydrogen-bond acceptors (Lipinski definition) is 4. The molecule has 2 aliphatic rings. The fraction of sp³-hybridized carbons (Fsp3) is 0.579. The van der Waals surface area contributed by atoms with Gasteiger partial charge in [-0.3, -0.25) is 9.59 Å². The van der Waals surface area contributed by atoms with E-state index >= 15 is 0 Å². The molecule has 0 bridgehead atoms. The van der Waals surface area contributed by atoms with Gasteiger partial charge in [-0.1, -0.05) is 36.8 Å². The van der Waals surface area contributed by atoms with E-state index in [9.17, 15) is 9.59 Å². The second-order valence-corrected chi connectivity index (χ2v) is 6.72. The van der Waals surface area contributed by atoms with Gasteiger partial charge in [0.1, 0.15) is 6.10 Å². The Bertz CT molecular complexity index is 584. The molecule has 1 aliphatic carbocycles. The molecule has 3 rings (SSSR count). The van der Waals surface area contributed by atoms with Crippen LogP contribution < -0.4 is 10.6 Å². The standard InChI is InChI=1S/C19H26N2O4/c22-17(20-12-9-15-7-3-1-4-8-15)18(23)21-13-16-14-24-19(25-16)10-5-2-6-11-19/h1,3-4,7-8,16H,2,5-6,9-14H2,(H,20,22)(H,21,23). The van der Waals surface area contributed by atoms with Gasteiger partial charge in [0.2, 0.25) is 0 Å². The Labute approximate surface area is 148 Å². The molecule has 1 heterocycles. The number of nitrogens with one attached hydrogen (secondary N) is 2. The van der Waals surface area contributed by atoms with Crippen LogP contribution >= 0.6 is 0 Å². The number of carbonyl (C=O) groups is 2. The highest BCUT2D eigenvalue weighted by Crippen LogP contribution is 2.37. The topological polar surface area (TPSA) is 76.7 Å². The lowest BCUT2D eigenvalue weighted by atomic mass is 9.94. The Balaban J connectivity index is 1.34. The predicted octanol–water partition coefficient (Wildman–Crippen LogP) is 1.54. The summed E-state index contributed by atoms with van der Waals surface area (Å²) in [5.74, 6) is -1.69. The van der Waals surface area contributed by atoms with Gasteiger partial charge in [-0.05, 0) is 24.8 Å². The molecule has 1 saturated heterocycles. The maximum atomic E-state index is 11.9. The van der Waals surface area contributed by atoms with Gasteiger partial charge in [0.25, 0.3) is 0 Å². The molecule has 1 unspecified atom stereocenters. The van der Waals surface area contributed by atoms with E-state index in [0.29, 0.717) is 26.1 Å². The van der Waals surface area contributed by atoms with E-state index in [-0.39, 0.29) is 6.10 Å². The summed E-state index contributed by atoms with van der Waals surface area (Å²) in [5, 5.41) is 5.28. The Morgan fingerprint density at radius 1 is 1.04 bits per heavy atom. The molecule has 1 aromatic rings. The van der Waals surface area contributed by atoms with Gasteiger partial charge in [-0.15, -0.1) is 0 Å². The minimum absolute atomic E-state index is 0.181. The fourth-order valence-corrected chi connectivity index (χ4v) is 3.40. The summed E-state index contributed by atoms with van der Waals surface area (Å²) in [7, 11) is 0. The second-order valence-electron chi connectivity index (χ2n) is 6.72. The lowest BCUT2D eigenvalue weighted by Gasteiger charge is -2.31. The average molecular weight is 346 g/mol. The van der Waals surface area contributed by atoms with Gasteiger partial charge in [-0.2, -0.15) is 0 Å². The van der Waals surface area contributed by atoms with Crippen LogP contribution in [-0.4, -0.2) is 43.4 Å². The highest BCUT2D eigenvalue weighted by atomic mass is 16.7. The van der Waals surface area contributed by atoms with Gasteiger partial charge in [0.05, 0.1) is 6.61 Å². The monoisotopic (exact) mass is 346 g/mol. The maximum absolute atomic E-state index is 11.9. The van der Waals surface area contributed by atoms with E-state index in [2.05, 4.69) is 10.6 Å². The van der Waals surface area contributed by atoms with Crippen LogP contribution in [0.3, 0.4) is 0 Å². The van der Waals surface area contributed by atoms with Crippen molar-refractivity contribution in [2.45, 2.75) is 50.4 Å². The number of hydrogen-bond donors (Lipinski definition) is 2. The third-order valence-electron chi connectivity index (χ3n) is 4.77. The maximum Gasteiger partial charge on any atom is 0.309 e. The SMILES string of the molecule is O=C(NCCc1ccccc1)C(=O)NCC1COC2(CCCCC2)O1. The van der Waals surface area contributed by atoms with E-state index in [1.165, 1.54) is 6.42 Å². The molecule has 2 fully saturated rings. The van der Waals surface area contributed by atoms with Crippen LogP contribution in [0.4, 0.5) is 0 Å². The van der Waals surface area contributed by atoms with Crippen molar-refractivity contribution >= 4 is 11.8 Å². The molecule has 0 radical (unpaired) electrons. The first kappa shape index (κ1) is 17.9. The molecule has 1 atom stereocenters. The van der Waals surface area contributed by atoms with Crippen molar-refractivity contribution in [3.8, 4) is 0 Å². The first-order valence-electron chi connectivity index (χ1n) is 9.09. The van der Waals surface area contributed by atoms with E-state index in [1.807, 2.05) is 30.3 Å². The molecular formula is C19H26N2O4. The highest BCUT2D eigenvalue weighted by molar-refractivity contribution is 6.35. The Morgan fingerprint density at radius 3 is 2.52 bits per heavy atom. The van der Waals surface area contributed by atoms with Crippen LogP contribution in [0, 0.1) is 0 Å². The van der Waals surface area contributed by atoms with Gasteiger partial charge >= 0.3 is 11.8 Å². The fourth-order valence-electron chi connectivity index (χ4n) is 3.40. The lowest BCUT2D eigenvalue weighted by Crippen LogP contribution is -2.44. The number of amides is 2. The van der Waals surface area contributed by atoms with Crippen molar-refractivity contribution < 1.29 is 19.1 Å². The largest absolute Gasteiger partial charge is 0.348 e. The molecule has 2 N–H and O–H groups in total. The molecule has 1 spiro atoms. The van der Waals surface area contributed by atoms with Crippen LogP contribution in [0.25, 0.3) is 0 Å².